The van der Waals surface area contributed by atoms with Crippen LogP contribution in [0.5, 0.6) is 0 Å². The first-order valence-corrected chi connectivity index (χ1v) is 21.8. The van der Waals surface area contributed by atoms with Gasteiger partial charge in [0.2, 0.25) is 0 Å². The van der Waals surface area contributed by atoms with Crippen LogP contribution in [0.25, 0.3) is 39.1 Å². The summed E-state index contributed by atoms with van der Waals surface area (Å²) in [5, 5.41) is 0. The molecule has 6 aromatic carbocycles. The Balaban J connectivity index is 0.00000268. The lowest BCUT2D eigenvalue weighted by Gasteiger charge is -2.45. The summed E-state index contributed by atoms with van der Waals surface area (Å²) in [4.78, 5) is 7.44. The van der Waals surface area contributed by atoms with Crippen LogP contribution >= 0.6 is 0 Å². The molecular weight excluding hydrogens is 761 g/mol. The van der Waals surface area contributed by atoms with Crippen molar-refractivity contribution in [3.05, 3.63) is 276 Å². The third kappa shape index (κ3) is 6.80. The Bertz CT molecular complexity index is 3000. The van der Waals surface area contributed by atoms with E-state index in [0.717, 1.165) is 67.3 Å². The summed E-state index contributed by atoms with van der Waals surface area (Å²) in [5.41, 5.74) is 21.4. The van der Waals surface area contributed by atoms with E-state index in [-0.39, 0.29) is 0 Å². The molecule has 308 valence electrons. The van der Waals surface area contributed by atoms with Crippen molar-refractivity contribution in [1.82, 2.24) is 0 Å². The van der Waals surface area contributed by atoms with Crippen molar-refractivity contribution in [2.75, 3.05) is 4.90 Å². The highest BCUT2D eigenvalue weighted by molar-refractivity contribution is 6.12. The van der Waals surface area contributed by atoms with Crippen LogP contribution in [0.1, 0.15) is 73.6 Å². The molecule has 0 saturated heterocycles. The minimum Gasteiger partial charge on any atom is -0.313 e. The lowest BCUT2D eigenvalue weighted by atomic mass is 9.59. The Kier molecular flexibility index (Phi) is 11.7. The maximum atomic E-state index is 5.16. The summed E-state index contributed by atoms with van der Waals surface area (Å²) in [6, 6.07) is 51.5. The molecule has 1 aliphatic heterocycles. The first-order valence-electron chi connectivity index (χ1n) is 21.8. The van der Waals surface area contributed by atoms with Crippen molar-refractivity contribution >= 4 is 28.2 Å². The van der Waals surface area contributed by atoms with E-state index in [9.17, 15) is 0 Å². The van der Waals surface area contributed by atoms with Gasteiger partial charge in [0.1, 0.15) is 0 Å². The van der Waals surface area contributed by atoms with E-state index >= 15 is 0 Å². The van der Waals surface area contributed by atoms with Gasteiger partial charge in [0, 0.05) is 16.8 Å². The van der Waals surface area contributed by atoms with Gasteiger partial charge in [0.25, 0.3) is 0 Å². The molecule has 1 atom stereocenters. The molecular formula is C61H54N2. The highest BCUT2D eigenvalue weighted by Gasteiger charge is 2.52. The van der Waals surface area contributed by atoms with Gasteiger partial charge in [-0.15, -0.1) is 0 Å². The smallest absolute Gasteiger partial charge is 0.0726 e. The number of aliphatic imine (C=N–C) groups is 1. The van der Waals surface area contributed by atoms with E-state index in [1.54, 1.807) is 0 Å². The molecule has 1 heterocycles. The highest BCUT2D eigenvalue weighted by Crippen LogP contribution is 2.64. The van der Waals surface area contributed by atoms with E-state index in [2.05, 4.69) is 154 Å². The second-order valence-corrected chi connectivity index (χ2v) is 15.8. The van der Waals surface area contributed by atoms with Crippen molar-refractivity contribution in [3.63, 3.8) is 0 Å². The third-order valence-electron chi connectivity index (χ3n) is 12.5. The van der Waals surface area contributed by atoms with Crippen molar-refractivity contribution in [2.45, 2.75) is 40.0 Å². The molecule has 3 aliphatic rings. The Morgan fingerprint density at radius 3 is 1.87 bits per heavy atom. The number of rotatable bonds is 8. The second kappa shape index (κ2) is 17.4. The minimum absolute atomic E-state index is 0.627. The predicted octanol–water partition coefficient (Wildman–Crippen LogP) is 16.1. The van der Waals surface area contributed by atoms with Gasteiger partial charge in [-0.2, -0.15) is 0 Å². The lowest BCUT2D eigenvalue weighted by molar-refractivity contribution is 0.747. The summed E-state index contributed by atoms with van der Waals surface area (Å²) in [6.45, 7) is 33.4. The summed E-state index contributed by atoms with van der Waals surface area (Å²) >= 11 is 0. The second-order valence-electron chi connectivity index (χ2n) is 15.8. The number of benzene rings is 6. The van der Waals surface area contributed by atoms with Crippen LogP contribution in [0.15, 0.2) is 242 Å². The maximum absolute atomic E-state index is 5.16. The zero-order valence-electron chi connectivity index (χ0n) is 37.2. The topological polar surface area (TPSA) is 15.6 Å². The normalized spacial score (nSPS) is 17.3. The van der Waals surface area contributed by atoms with Crippen LogP contribution in [-0.2, 0) is 5.41 Å². The molecule has 0 N–H and O–H groups in total. The van der Waals surface area contributed by atoms with Crippen LogP contribution in [0, 0.1) is 0 Å². The van der Waals surface area contributed by atoms with E-state index in [1.807, 2.05) is 74.5 Å². The van der Waals surface area contributed by atoms with E-state index < -0.39 is 5.41 Å². The van der Waals surface area contributed by atoms with Crippen LogP contribution in [0.4, 0.5) is 5.69 Å². The largest absolute Gasteiger partial charge is 0.313 e. The summed E-state index contributed by atoms with van der Waals surface area (Å²) in [7, 11) is 0. The van der Waals surface area contributed by atoms with Gasteiger partial charge in [-0.1, -0.05) is 204 Å². The SMILES string of the molecule is C=C/C=C1\C(=C)C(=C)c2c(ccc3c2C(=C)C(C)=C(/C=C\C)C32c3ccccc3-c3c(-c4ccccc4)cccc32)N1/C(C)=C/C(=NC(=C)c1ccccc1)c1ccccc1.CC. The molecule has 0 fully saturated rings. The molecule has 0 amide bonds. The van der Waals surface area contributed by atoms with Gasteiger partial charge >= 0.3 is 0 Å². The molecule has 2 aliphatic carbocycles. The zero-order chi connectivity index (χ0) is 44.4. The van der Waals surface area contributed by atoms with Crippen molar-refractivity contribution in [3.8, 4) is 22.3 Å². The molecule has 6 aromatic rings. The van der Waals surface area contributed by atoms with Crippen molar-refractivity contribution in [1.29, 1.82) is 0 Å². The van der Waals surface area contributed by atoms with Crippen molar-refractivity contribution < 1.29 is 0 Å². The molecule has 0 aromatic heterocycles. The third-order valence-corrected chi connectivity index (χ3v) is 12.5. The predicted molar refractivity (Wildman–Crippen MR) is 273 cm³/mol. The van der Waals surface area contributed by atoms with Crippen LogP contribution in [0.2, 0.25) is 0 Å². The van der Waals surface area contributed by atoms with Gasteiger partial charge in [-0.25, -0.2) is 4.99 Å². The molecule has 2 heteroatoms. The molecule has 63 heavy (non-hydrogen) atoms. The number of hydrogen-bond acceptors (Lipinski definition) is 2. The van der Waals surface area contributed by atoms with Gasteiger partial charge in [0.15, 0.2) is 0 Å². The Morgan fingerprint density at radius 1 is 0.619 bits per heavy atom. The number of allylic oxidation sites excluding steroid dienone is 10. The van der Waals surface area contributed by atoms with Gasteiger partial charge in [-0.3, -0.25) is 0 Å². The maximum Gasteiger partial charge on any atom is 0.0726 e. The molecule has 0 saturated carbocycles. The molecule has 1 unspecified atom stereocenters. The van der Waals surface area contributed by atoms with E-state index in [1.165, 1.54) is 44.5 Å². The fourth-order valence-corrected chi connectivity index (χ4v) is 9.80. The number of fused-ring (bicyclic) bond motifs is 9. The van der Waals surface area contributed by atoms with Gasteiger partial charge in [-0.05, 0) is 117 Å². The highest BCUT2D eigenvalue weighted by atomic mass is 15.2. The average molecular weight is 815 g/mol. The number of nitrogens with zero attached hydrogens (tertiary/aromatic N) is 2. The molecule has 9 rings (SSSR count). The minimum atomic E-state index is -0.627. The van der Waals surface area contributed by atoms with Crippen LogP contribution in [0.3, 0.4) is 0 Å². The van der Waals surface area contributed by atoms with Crippen LogP contribution in [-0.4, -0.2) is 5.71 Å². The number of anilines is 1. The summed E-state index contributed by atoms with van der Waals surface area (Å²) < 4.78 is 0. The first kappa shape index (κ1) is 42.2. The number of hydrogen-bond donors (Lipinski definition) is 0. The zero-order valence-corrected chi connectivity index (χ0v) is 37.2. The lowest BCUT2D eigenvalue weighted by Crippen LogP contribution is -2.36. The Labute approximate surface area is 374 Å². The fourth-order valence-electron chi connectivity index (χ4n) is 9.80. The average Bonchev–Trinajstić information content (AvgIpc) is 3.63. The Morgan fingerprint density at radius 2 is 1.21 bits per heavy atom. The van der Waals surface area contributed by atoms with Crippen LogP contribution < -0.4 is 4.90 Å². The standard InChI is InChI=1S/C59H48N2.C2H6/c1-9-23-49-39(4)41(6)56-52(59(49)50-33-21-20-31-48(50)58-47(32-22-34-51(58)59)45-27-16-12-17-28-45)35-36-55-57(56)42(7)40(5)54(24-10-2)61(55)38(3)37-53(46-29-18-13-19-30-46)60-43(8)44-25-14-11-15-26-44;1-2/h9-37H,2,5-8H2,1,3-4H3;1-2H3/b23-9-,38-37+,54-24+,60-53?;. The van der Waals surface area contributed by atoms with Gasteiger partial charge in [0.05, 0.1) is 28.2 Å². The summed E-state index contributed by atoms with van der Waals surface area (Å²) in [6.07, 6.45) is 10.5. The molecule has 2 nitrogen and oxygen atoms in total. The van der Waals surface area contributed by atoms with Crippen molar-refractivity contribution in [2.24, 2.45) is 4.99 Å². The first-order chi connectivity index (χ1) is 30.7. The molecule has 0 radical (unpaired) electrons. The molecule has 0 bridgehead atoms. The fraction of sp³-hybridized carbons (Fsp3) is 0.0984. The quantitative estimate of drug-likeness (QED) is 0.140. The van der Waals surface area contributed by atoms with E-state index in [0.29, 0.717) is 5.70 Å². The molecule has 1 spiro atoms. The summed E-state index contributed by atoms with van der Waals surface area (Å²) in [5.74, 6) is 0. The van der Waals surface area contributed by atoms with E-state index in [4.69, 9.17) is 24.7 Å². The monoisotopic (exact) mass is 814 g/mol. The Hall–Kier alpha value is -7.55. The van der Waals surface area contributed by atoms with Gasteiger partial charge < -0.3 is 4.90 Å².